The summed E-state index contributed by atoms with van der Waals surface area (Å²) < 4.78 is 0. The zero-order valence-electron chi connectivity index (χ0n) is 50.1. The number of fused-ring (bicyclic) bond motifs is 4. The van der Waals surface area contributed by atoms with Crippen molar-refractivity contribution < 1.29 is 0 Å². The lowest BCUT2D eigenvalue weighted by Gasteiger charge is -2.38. The molecule has 0 amide bonds. The first kappa shape index (κ1) is 60.5. The number of hydrogen-bond donors (Lipinski definition) is 0. The fraction of sp³-hybridized carbons (Fsp3) is 0.750. The Balaban J connectivity index is 1.90. The van der Waals surface area contributed by atoms with E-state index in [0.29, 0.717) is 0 Å². The second-order valence-electron chi connectivity index (χ2n) is 23.9. The predicted molar refractivity (Wildman–Crippen MR) is 323 cm³/mol. The summed E-state index contributed by atoms with van der Waals surface area (Å²) in [5.74, 6) is 0. The summed E-state index contributed by atoms with van der Waals surface area (Å²) in [6.45, 7) is 24.3. The van der Waals surface area contributed by atoms with Gasteiger partial charge in [-0.2, -0.15) is 0 Å². The van der Waals surface area contributed by atoms with E-state index < -0.39 is 0 Å². The highest BCUT2D eigenvalue weighted by atomic mass is 14.4. The molecule has 0 bridgehead atoms. The van der Waals surface area contributed by atoms with Crippen molar-refractivity contribution in [2.45, 2.75) is 352 Å². The number of unbranched alkanes of at least 4 members (excludes halogenated alkanes) is 20. The first-order chi connectivity index (χ1) is 35.4. The van der Waals surface area contributed by atoms with Crippen molar-refractivity contribution in [1.82, 2.24) is 0 Å². The lowest BCUT2D eigenvalue weighted by molar-refractivity contribution is 0.652. The molecule has 0 fully saturated rings. The Morgan fingerprint density at radius 3 is 0.431 bits per heavy atom. The van der Waals surface area contributed by atoms with Crippen LogP contribution in [0.25, 0.3) is 0 Å². The molecule has 406 valence electrons. The Bertz CT molecular complexity index is 1740. The van der Waals surface area contributed by atoms with Gasteiger partial charge in [-0.05, 0) is 254 Å². The van der Waals surface area contributed by atoms with Gasteiger partial charge in [0.1, 0.15) is 0 Å². The molecule has 0 saturated carbocycles. The second kappa shape index (κ2) is 34.3. The van der Waals surface area contributed by atoms with Crippen molar-refractivity contribution in [2.24, 2.45) is 0 Å². The molecule has 72 heavy (non-hydrogen) atoms. The van der Waals surface area contributed by atoms with Crippen LogP contribution in [0.3, 0.4) is 0 Å². The van der Waals surface area contributed by atoms with Crippen LogP contribution in [-0.4, -0.2) is 0 Å². The van der Waals surface area contributed by atoms with Crippen LogP contribution in [0.4, 0.5) is 0 Å². The van der Waals surface area contributed by atoms with E-state index in [1.807, 2.05) is 100 Å². The van der Waals surface area contributed by atoms with Crippen LogP contribution in [0.2, 0.25) is 0 Å². The molecule has 2 aliphatic rings. The van der Waals surface area contributed by atoms with E-state index in [0.717, 1.165) is 0 Å². The largest absolute Gasteiger partial charge is 0.0654 e. The Morgan fingerprint density at radius 1 is 0.153 bits per heavy atom. The minimum atomic E-state index is 1.22. The Hall–Kier alpha value is -2.34. The second-order valence-corrected chi connectivity index (χ2v) is 23.9. The van der Waals surface area contributed by atoms with Gasteiger partial charge in [0.15, 0.2) is 0 Å². The van der Waals surface area contributed by atoms with Crippen LogP contribution >= 0.6 is 0 Å². The summed E-state index contributed by atoms with van der Waals surface area (Å²) in [5.41, 5.74) is 33.5. The lowest BCUT2D eigenvalue weighted by Crippen LogP contribution is -2.26. The van der Waals surface area contributed by atoms with E-state index in [1.54, 1.807) is 0 Å². The average Bonchev–Trinajstić information content (AvgIpc) is 3.38. The molecular weight excluding hydrogens is 865 g/mol. The van der Waals surface area contributed by atoms with Crippen molar-refractivity contribution in [3.8, 4) is 0 Å². The minimum absolute atomic E-state index is 1.22. The molecule has 0 aliphatic heterocycles. The molecule has 0 saturated heterocycles. The van der Waals surface area contributed by atoms with Gasteiger partial charge in [-0.1, -0.05) is 198 Å². The summed E-state index contributed by atoms with van der Waals surface area (Å²) in [6.07, 6.45) is 58.2. The van der Waals surface area contributed by atoms with Gasteiger partial charge in [-0.15, -0.1) is 0 Å². The average molecular weight is 984 g/mol. The molecule has 0 unspecified atom stereocenters. The van der Waals surface area contributed by atoms with Gasteiger partial charge in [-0.3, -0.25) is 0 Å². The third-order valence-corrected chi connectivity index (χ3v) is 18.3. The zero-order chi connectivity index (χ0) is 51.5. The Morgan fingerprint density at radius 2 is 0.278 bits per heavy atom. The van der Waals surface area contributed by atoms with Gasteiger partial charge in [0.2, 0.25) is 0 Å². The maximum absolute atomic E-state index is 2.44. The maximum Gasteiger partial charge on any atom is -0.00142 e. The fourth-order valence-corrected chi connectivity index (χ4v) is 14.2. The smallest absolute Gasteiger partial charge is 0.00142 e. The number of benzene rings is 3. The van der Waals surface area contributed by atoms with Crippen LogP contribution < -0.4 is 0 Å². The van der Waals surface area contributed by atoms with Gasteiger partial charge in [-0.25, -0.2) is 0 Å². The molecule has 3 aromatic carbocycles. The van der Waals surface area contributed by atoms with E-state index in [9.17, 15) is 0 Å². The van der Waals surface area contributed by atoms with E-state index in [1.165, 1.54) is 283 Å². The molecule has 0 radical (unpaired) electrons. The normalized spacial score (nSPS) is 12.9. The van der Waals surface area contributed by atoms with Gasteiger partial charge in [0.25, 0.3) is 0 Å². The van der Waals surface area contributed by atoms with Gasteiger partial charge >= 0.3 is 0 Å². The van der Waals surface area contributed by atoms with Crippen LogP contribution in [0.1, 0.15) is 362 Å². The number of rotatable bonds is 40. The highest BCUT2D eigenvalue weighted by Crippen LogP contribution is 2.48. The summed E-state index contributed by atoms with van der Waals surface area (Å²) in [6, 6.07) is 0. The van der Waals surface area contributed by atoms with Crippen LogP contribution in [0.5, 0.6) is 0 Å². The molecule has 0 atom stereocenters. The maximum atomic E-state index is 2.44. The minimum Gasteiger partial charge on any atom is -0.0654 e. The molecule has 0 nitrogen and oxygen atoms in total. The van der Waals surface area contributed by atoms with E-state index in [-0.39, 0.29) is 0 Å². The molecule has 2 aliphatic carbocycles. The van der Waals surface area contributed by atoms with Gasteiger partial charge in [0, 0.05) is 0 Å². The zero-order valence-corrected chi connectivity index (χ0v) is 50.1. The van der Waals surface area contributed by atoms with E-state index in [2.05, 4.69) is 69.2 Å². The Labute approximate surface area is 449 Å². The molecular formula is C72H118. The lowest BCUT2D eigenvalue weighted by atomic mass is 9.66. The topological polar surface area (TPSA) is 0 Å². The summed E-state index contributed by atoms with van der Waals surface area (Å²) >= 11 is 0. The molecule has 0 heteroatoms. The summed E-state index contributed by atoms with van der Waals surface area (Å²) in [5, 5.41) is 0. The van der Waals surface area contributed by atoms with Crippen LogP contribution in [0, 0.1) is 0 Å². The molecule has 0 heterocycles. The SMILES string of the molecule is CCCCCc1c(CCCCC)c(CCCCC)c2c(c1CCCCC)Cc1c(CCCCC)c3c(c(CCCCC)c1C2)Cc1c(CCCCC)c(CCCCC)c(CCCCC)c(CCCCC)c1C3. The standard InChI is InChI=1S/C72H118/c1-11-21-31-41-55-56(42-32-22-12-2)60(46-36-26-16-6)66-52-70-64(50-40-30-20-10)72-54-68-62(48-38-28-18-8)58(44-34-24-14-4)57(43-33-23-13-3)61(47-37-27-17-7)67(68)53-71(72)63(49-39-29-19-9)69(70)51-65(66)59(55)45-35-25-15-5/h11-54H2,1-10H3. The van der Waals surface area contributed by atoms with Crippen molar-refractivity contribution in [3.63, 3.8) is 0 Å². The first-order valence-corrected chi connectivity index (χ1v) is 32.9. The third-order valence-electron chi connectivity index (χ3n) is 18.3. The number of hydrogen-bond acceptors (Lipinski definition) is 0. The molecule has 3 aromatic rings. The highest BCUT2D eigenvalue weighted by molar-refractivity contribution is 5.67. The first-order valence-electron chi connectivity index (χ1n) is 32.9. The van der Waals surface area contributed by atoms with E-state index in [4.69, 9.17) is 0 Å². The van der Waals surface area contributed by atoms with Crippen molar-refractivity contribution in [3.05, 3.63) is 100 Å². The summed E-state index contributed by atoms with van der Waals surface area (Å²) in [4.78, 5) is 0. The Kier molecular flexibility index (Phi) is 28.9. The fourth-order valence-electron chi connectivity index (χ4n) is 14.2. The summed E-state index contributed by atoms with van der Waals surface area (Å²) in [7, 11) is 0. The van der Waals surface area contributed by atoms with E-state index >= 15 is 0 Å². The van der Waals surface area contributed by atoms with Gasteiger partial charge in [0.05, 0.1) is 0 Å². The highest BCUT2D eigenvalue weighted by Gasteiger charge is 2.35. The molecule has 0 N–H and O–H groups in total. The molecule has 5 rings (SSSR count). The van der Waals surface area contributed by atoms with Crippen molar-refractivity contribution in [2.75, 3.05) is 0 Å². The monoisotopic (exact) mass is 983 g/mol. The van der Waals surface area contributed by atoms with Crippen molar-refractivity contribution >= 4 is 0 Å². The van der Waals surface area contributed by atoms with Crippen LogP contribution in [-0.2, 0) is 89.9 Å². The predicted octanol–water partition coefficient (Wildman–Crippen LogP) is 22.0. The third kappa shape index (κ3) is 16.3. The molecule has 0 aromatic heterocycles. The molecule has 0 spiro atoms. The van der Waals surface area contributed by atoms with Crippen LogP contribution in [0.15, 0.2) is 0 Å². The van der Waals surface area contributed by atoms with Gasteiger partial charge < -0.3 is 0 Å². The quantitative estimate of drug-likeness (QED) is 0.0343. The van der Waals surface area contributed by atoms with Crippen molar-refractivity contribution in [1.29, 1.82) is 0 Å².